The minimum Gasteiger partial charge on any atom is -0.333 e. The van der Waals surface area contributed by atoms with E-state index in [2.05, 4.69) is 64.3 Å². The van der Waals surface area contributed by atoms with Gasteiger partial charge in [0.2, 0.25) is 5.91 Å². The summed E-state index contributed by atoms with van der Waals surface area (Å²) in [5.41, 5.74) is 1.23. The van der Waals surface area contributed by atoms with Crippen LogP contribution in [-0.4, -0.2) is 92.1 Å². The van der Waals surface area contributed by atoms with Gasteiger partial charge in [-0.3, -0.25) is 9.69 Å². The van der Waals surface area contributed by atoms with Crippen LogP contribution in [0.4, 0.5) is 4.79 Å². The lowest BCUT2D eigenvalue weighted by Gasteiger charge is -2.51. The molecule has 3 heterocycles. The summed E-state index contributed by atoms with van der Waals surface area (Å²) in [5, 5.41) is 4.21. The molecular formula is C29H41N7O2. The third-order valence-electron chi connectivity index (χ3n) is 9.96. The van der Waals surface area contributed by atoms with Crippen molar-refractivity contribution in [2.24, 2.45) is 5.92 Å². The van der Waals surface area contributed by atoms with Gasteiger partial charge in [0, 0.05) is 38.1 Å². The highest BCUT2D eigenvalue weighted by atomic mass is 16.2. The molecule has 0 unspecified atom stereocenters. The van der Waals surface area contributed by atoms with E-state index >= 15 is 0 Å². The Morgan fingerprint density at radius 3 is 2.53 bits per heavy atom. The molecule has 9 heteroatoms. The lowest BCUT2D eigenvalue weighted by Crippen LogP contribution is -2.56. The second-order valence-electron chi connectivity index (χ2n) is 12.1. The molecule has 2 aromatic rings. The Morgan fingerprint density at radius 1 is 1.08 bits per heavy atom. The van der Waals surface area contributed by atoms with Gasteiger partial charge in [0.25, 0.3) is 0 Å². The number of fused-ring (bicyclic) bond motifs is 1. The second kappa shape index (κ2) is 9.98. The van der Waals surface area contributed by atoms with Gasteiger partial charge in [-0.15, -0.1) is 0 Å². The van der Waals surface area contributed by atoms with Crippen LogP contribution < -0.4 is 0 Å². The normalized spacial score (nSPS) is 27.8. The Bertz CT molecular complexity index is 1150. The van der Waals surface area contributed by atoms with Crippen molar-refractivity contribution < 1.29 is 9.59 Å². The summed E-state index contributed by atoms with van der Waals surface area (Å²) < 4.78 is 1.86. The van der Waals surface area contributed by atoms with Crippen molar-refractivity contribution in [3.63, 3.8) is 0 Å². The van der Waals surface area contributed by atoms with E-state index in [1.807, 2.05) is 14.5 Å². The predicted octanol–water partition coefficient (Wildman–Crippen LogP) is 3.32. The van der Waals surface area contributed by atoms with Crippen LogP contribution in [0.3, 0.4) is 0 Å². The van der Waals surface area contributed by atoms with Crippen molar-refractivity contribution in [1.82, 2.24) is 34.4 Å². The van der Waals surface area contributed by atoms with Crippen LogP contribution in [0.5, 0.6) is 0 Å². The minimum atomic E-state index is -0.133. The van der Waals surface area contributed by atoms with Crippen LogP contribution in [0.25, 0.3) is 0 Å². The third kappa shape index (κ3) is 4.38. The number of hydrogen-bond acceptors (Lipinski definition) is 5. The first-order valence-corrected chi connectivity index (χ1v) is 14.3. The Hall–Kier alpha value is -2.94. The van der Waals surface area contributed by atoms with Crippen molar-refractivity contribution >= 4 is 11.9 Å². The van der Waals surface area contributed by atoms with Crippen molar-refractivity contribution in [2.75, 3.05) is 40.3 Å². The molecule has 0 radical (unpaired) electrons. The summed E-state index contributed by atoms with van der Waals surface area (Å²) in [6, 6.07) is 11.0. The van der Waals surface area contributed by atoms with E-state index < -0.39 is 0 Å². The van der Waals surface area contributed by atoms with E-state index in [4.69, 9.17) is 0 Å². The molecule has 2 aliphatic carbocycles. The first kappa shape index (κ1) is 25.3. The van der Waals surface area contributed by atoms with Crippen molar-refractivity contribution in [2.45, 2.75) is 75.5 Å². The van der Waals surface area contributed by atoms with E-state index in [0.29, 0.717) is 38.5 Å². The minimum absolute atomic E-state index is 0.00407. The summed E-state index contributed by atoms with van der Waals surface area (Å²) in [6.07, 6.45) is 9.68. The fourth-order valence-corrected chi connectivity index (χ4v) is 7.23. The molecule has 2 aliphatic heterocycles. The highest BCUT2D eigenvalue weighted by molar-refractivity contribution is 5.80. The second-order valence-corrected chi connectivity index (χ2v) is 12.1. The molecule has 4 aliphatic rings. The number of nitrogens with zero attached hydrogens (tertiary/aromatic N) is 7. The summed E-state index contributed by atoms with van der Waals surface area (Å²) in [5.74, 6) is 1.55. The van der Waals surface area contributed by atoms with Crippen molar-refractivity contribution in [3.05, 3.63) is 48.0 Å². The molecule has 3 amide bonds. The number of aromatic nitrogens is 3. The summed E-state index contributed by atoms with van der Waals surface area (Å²) in [6.45, 7) is 3.91. The van der Waals surface area contributed by atoms with Crippen LogP contribution in [0, 0.1) is 5.92 Å². The maximum Gasteiger partial charge on any atom is 0.320 e. The van der Waals surface area contributed by atoms with Gasteiger partial charge in [-0.2, -0.15) is 5.10 Å². The first-order chi connectivity index (χ1) is 18.4. The molecule has 1 aromatic carbocycles. The topological polar surface area (TPSA) is 77.8 Å². The van der Waals surface area contributed by atoms with Gasteiger partial charge in [-0.1, -0.05) is 36.8 Å². The monoisotopic (exact) mass is 519 g/mol. The predicted molar refractivity (Wildman–Crippen MR) is 144 cm³/mol. The van der Waals surface area contributed by atoms with Crippen LogP contribution in [0.2, 0.25) is 0 Å². The largest absolute Gasteiger partial charge is 0.333 e. The van der Waals surface area contributed by atoms with E-state index in [1.54, 1.807) is 6.33 Å². The fraction of sp³-hybridized carbons (Fsp3) is 0.655. The van der Waals surface area contributed by atoms with Crippen LogP contribution >= 0.6 is 0 Å². The van der Waals surface area contributed by atoms with E-state index in [9.17, 15) is 9.59 Å². The zero-order chi connectivity index (χ0) is 26.3. The summed E-state index contributed by atoms with van der Waals surface area (Å²) in [4.78, 5) is 39.7. The fourth-order valence-electron chi connectivity index (χ4n) is 7.23. The molecule has 204 valence electrons. The van der Waals surface area contributed by atoms with Gasteiger partial charge in [0.1, 0.15) is 12.2 Å². The standard InChI is InChI=1S/C29H41N7O2/c1-32(2)29(24-9-4-3-5-10-24)14-12-28(13-15-29)21-34(27(38)35(28)19-23-7-6-8-23)16-11-26(37)33-17-18-36-25(20-33)30-22-31-36/h3-5,9-10,22-23H,6-8,11-21H2,1-2H3/t28-,29+. The number of rotatable bonds is 7. The molecule has 1 saturated heterocycles. The Kier molecular flexibility index (Phi) is 6.66. The van der Waals surface area contributed by atoms with Gasteiger partial charge in [0.05, 0.1) is 18.6 Å². The van der Waals surface area contributed by atoms with Gasteiger partial charge >= 0.3 is 6.03 Å². The van der Waals surface area contributed by atoms with Gasteiger partial charge in [0.15, 0.2) is 0 Å². The first-order valence-electron chi connectivity index (χ1n) is 14.3. The molecule has 0 atom stereocenters. The molecule has 1 spiro atoms. The third-order valence-corrected chi connectivity index (χ3v) is 9.96. The number of carbonyl (C=O) groups excluding carboxylic acids is 2. The van der Waals surface area contributed by atoms with Crippen LogP contribution in [0.1, 0.15) is 62.8 Å². The maximum atomic E-state index is 13.8. The van der Waals surface area contributed by atoms with Crippen LogP contribution in [-0.2, 0) is 23.4 Å². The molecular weight excluding hydrogens is 478 g/mol. The molecule has 6 rings (SSSR count). The number of hydrogen-bond donors (Lipinski definition) is 0. The average molecular weight is 520 g/mol. The van der Waals surface area contributed by atoms with E-state index in [0.717, 1.165) is 44.6 Å². The molecule has 9 nitrogen and oxygen atoms in total. The van der Waals surface area contributed by atoms with E-state index in [-0.39, 0.29) is 23.0 Å². The highest BCUT2D eigenvalue weighted by Crippen LogP contribution is 2.49. The number of carbonyl (C=O) groups is 2. The van der Waals surface area contributed by atoms with Gasteiger partial charge < -0.3 is 14.7 Å². The summed E-state index contributed by atoms with van der Waals surface area (Å²) >= 11 is 0. The Labute approximate surface area is 225 Å². The SMILES string of the molecule is CN(C)[C@]1(c2ccccc2)CC[C@]2(CC1)CN(CCC(=O)N1CCn3ncnc3C1)C(=O)N2CC1CCC1. The zero-order valence-electron chi connectivity index (χ0n) is 22.9. The Morgan fingerprint density at radius 2 is 1.84 bits per heavy atom. The zero-order valence-corrected chi connectivity index (χ0v) is 22.9. The average Bonchev–Trinajstić information content (AvgIpc) is 3.48. The highest BCUT2D eigenvalue weighted by Gasteiger charge is 2.54. The number of urea groups is 1. The van der Waals surface area contributed by atoms with Gasteiger partial charge in [-0.25, -0.2) is 14.5 Å². The van der Waals surface area contributed by atoms with Crippen molar-refractivity contribution in [1.29, 1.82) is 0 Å². The lowest BCUT2D eigenvalue weighted by atomic mass is 9.68. The molecule has 0 N–H and O–H groups in total. The lowest BCUT2D eigenvalue weighted by molar-refractivity contribution is -0.133. The molecule has 1 aromatic heterocycles. The van der Waals surface area contributed by atoms with Gasteiger partial charge in [-0.05, 0) is 64.1 Å². The van der Waals surface area contributed by atoms with Crippen molar-refractivity contribution in [3.8, 4) is 0 Å². The molecule has 0 bridgehead atoms. The summed E-state index contributed by atoms with van der Waals surface area (Å²) in [7, 11) is 4.38. The maximum absolute atomic E-state index is 13.8. The van der Waals surface area contributed by atoms with Crippen LogP contribution in [0.15, 0.2) is 36.7 Å². The quantitative estimate of drug-likeness (QED) is 0.561. The molecule has 3 fully saturated rings. The number of benzene rings is 1. The smallest absolute Gasteiger partial charge is 0.320 e. The number of amides is 3. The molecule has 38 heavy (non-hydrogen) atoms. The Balaban J connectivity index is 1.16. The van der Waals surface area contributed by atoms with E-state index in [1.165, 1.54) is 24.8 Å². The molecule has 2 saturated carbocycles.